The Hall–Kier alpha value is 0.761. The van der Waals surface area contributed by atoms with Crippen molar-refractivity contribution >= 4 is 115 Å². The normalized spacial score (nSPS) is 11.4. The molecule has 0 aromatic carbocycles. The fraction of sp³-hybridized carbons (Fsp3) is 0.600. The van der Waals surface area contributed by atoms with Crippen LogP contribution in [0.3, 0.4) is 0 Å². The van der Waals surface area contributed by atoms with E-state index in [0.29, 0.717) is 0 Å². The third kappa shape index (κ3) is 23.0. The molecule has 22 heavy (non-hydrogen) atoms. The molecule has 0 spiro atoms. The van der Waals surface area contributed by atoms with E-state index in [-0.39, 0.29) is 117 Å². The minimum Gasteiger partial charge on any atom is -0.550 e. The number of nitrogens with two attached hydrogens (primary N) is 2. The summed E-state index contributed by atoms with van der Waals surface area (Å²) in [5, 5.41) is 39.2. The van der Waals surface area contributed by atoms with E-state index in [1.165, 1.54) is 0 Å². The van der Waals surface area contributed by atoms with Crippen LogP contribution in [0.15, 0.2) is 0 Å². The number of carbonyl (C=O) groups is 4. The van der Waals surface area contributed by atoms with Gasteiger partial charge in [0.25, 0.3) is 0 Å². The van der Waals surface area contributed by atoms with Gasteiger partial charge in [0.2, 0.25) is 0 Å². The summed E-state index contributed by atoms with van der Waals surface area (Å²) in [5.41, 5.74) is 9.82. The van der Waals surface area contributed by atoms with E-state index >= 15 is 0 Å². The van der Waals surface area contributed by atoms with Crippen LogP contribution in [0, 0.1) is 0 Å². The largest absolute Gasteiger partial charge is 2.00 e. The third-order valence-corrected chi connectivity index (χ3v) is 1.92. The van der Waals surface area contributed by atoms with E-state index in [0.717, 1.165) is 0 Å². The molecular weight excluding hydrogens is 451 g/mol. The first-order valence-electron chi connectivity index (χ1n) is 5.40. The van der Waals surface area contributed by atoms with Crippen molar-refractivity contribution in [2.24, 2.45) is 11.5 Å². The second kappa shape index (κ2) is 18.1. The molecular formula is C10H14N2O8Sr2. The topological polar surface area (TPSA) is 213 Å². The van der Waals surface area contributed by atoms with Gasteiger partial charge < -0.3 is 51.1 Å². The monoisotopic (exact) mass is 466 g/mol. The predicted molar refractivity (Wildman–Crippen MR) is 66.0 cm³/mol. The molecule has 0 fully saturated rings. The fourth-order valence-electron chi connectivity index (χ4n) is 0.782. The van der Waals surface area contributed by atoms with Crippen molar-refractivity contribution in [2.75, 3.05) is 0 Å². The van der Waals surface area contributed by atoms with E-state index in [1.54, 1.807) is 0 Å². The molecule has 10 nitrogen and oxygen atoms in total. The van der Waals surface area contributed by atoms with Gasteiger partial charge in [-0.15, -0.1) is 0 Å². The van der Waals surface area contributed by atoms with Gasteiger partial charge in [-0.2, -0.15) is 0 Å². The summed E-state index contributed by atoms with van der Waals surface area (Å²) < 4.78 is 0. The van der Waals surface area contributed by atoms with Gasteiger partial charge in [0, 0.05) is 24.0 Å². The molecule has 0 amide bonds. The van der Waals surface area contributed by atoms with E-state index in [1.807, 2.05) is 0 Å². The maximum atomic E-state index is 9.86. The summed E-state index contributed by atoms with van der Waals surface area (Å²) in [6, 6.07) is -2.42. The van der Waals surface area contributed by atoms with Crippen LogP contribution in [-0.2, 0) is 19.2 Å². The SMILES string of the molecule is N[C@@H](CCC(=O)[O-])C(=O)[O-].N[C@H](CCC(=O)[O-])C(=O)[O-].[Sr+2].[Sr+2]. The van der Waals surface area contributed by atoms with Crippen LogP contribution in [0.5, 0.6) is 0 Å². The molecule has 0 rings (SSSR count). The Morgan fingerprint density at radius 2 is 0.909 bits per heavy atom. The Balaban J connectivity index is -0.000000135. The van der Waals surface area contributed by atoms with Crippen LogP contribution in [0.25, 0.3) is 0 Å². The van der Waals surface area contributed by atoms with Gasteiger partial charge in [0.05, 0.1) is 11.9 Å². The van der Waals surface area contributed by atoms with E-state index in [2.05, 4.69) is 0 Å². The molecule has 0 aromatic heterocycles. The zero-order chi connectivity index (χ0) is 16.3. The van der Waals surface area contributed by atoms with Crippen LogP contribution in [0.1, 0.15) is 25.7 Å². The molecule has 2 atom stereocenters. The number of carbonyl (C=O) groups excluding carboxylic acids is 4. The third-order valence-electron chi connectivity index (χ3n) is 1.92. The van der Waals surface area contributed by atoms with Crippen molar-refractivity contribution in [3.8, 4) is 0 Å². The summed E-state index contributed by atoms with van der Waals surface area (Å²) in [6.07, 6.45) is -1.00. The molecule has 0 saturated carbocycles. The minimum atomic E-state index is -1.44. The van der Waals surface area contributed by atoms with E-state index in [9.17, 15) is 39.6 Å². The summed E-state index contributed by atoms with van der Waals surface area (Å²) in [4.78, 5) is 39.2. The first-order chi connectivity index (χ1) is 9.07. The number of aliphatic carboxylic acids is 4. The number of hydrogen-bond acceptors (Lipinski definition) is 10. The average Bonchev–Trinajstić information content (AvgIpc) is 2.33. The van der Waals surface area contributed by atoms with E-state index in [4.69, 9.17) is 11.5 Å². The summed E-state index contributed by atoms with van der Waals surface area (Å²) >= 11 is 0. The molecule has 0 heterocycles. The zero-order valence-corrected chi connectivity index (χ0v) is 18.8. The van der Waals surface area contributed by atoms with Gasteiger partial charge in [-0.25, -0.2) is 0 Å². The van der Waals surface area contributed by atoms with Crippen LogP contribution in [-0.4, -0.2) is 127 Å². The Bertz CT molecular complexity index is 333. The van der Waals surface area contributed by atoms with Crippen LogP contribution in [0.4, 0.5) is 0 Å². The van der Waals surface area contributed by atoms with Crippen LogP contribution in [0.2, 0.25) is 0 Å². The van der Waals surface area contributed by atoms with Gasteiger partial charge in [-0.1, -0.05) is 0 Å². The molecule has 0 aliphatic heterocycles. The molecule has 12 heteroatoms. The molecule has 0 aliphatic rings. The Morgan fingerprint density at radius 1 is 0.682 bits per heavy atom. The smallest absolute Gasteiger partial charge is 0.550 e. The van der Waals surface area contributed by atoms with E-state index < -0.39 is 36.0 Å². The Labute approximate surface area is 200 Å². The van der Waals surface area contributed by atoms with Crippen molar-refractivity contribution in [2.45, 2.75) is 37.8 Å². The van der Waals surface area contributed by atoms with Gasteiger partial charge in [0.1, 0.15) is 0 Å². The standard InChI is InChI=1S/2C5H9NO4.2Sr/c2*6-3(5(9)10)1-2-4(7)8;;/h2*3H,1-2,6H2,(H,7,8)(H,9,10);;/q;;2*+2/p-4/t2*3-;;/m10../s1. The van der Waals surface area contributed by atoms with Crippen molar-refractivity contribution in [1.29, 1.82) is 0 Å². The van der Waals surface area contributed by atoms with Crippen molar-refractivity contribution in [1.82, 2.24) is 0 Å². The Kier molecular flexibility index (Phi) is 25.2. The second-order valence-electron chi connectivity index (χ2n) is 3.67. The summed E-state index contributed by atoms with van der Waals surface area (Å²) in [6.45, 7) is 0. The second-order valence-corrected chi connectivity index (χ2v) is 3.67. The fourth-order valence-corrected chi connectivity index (χ4v) is 0.782. The molecule has 0 bridgehead atoms. The number of rotatable bonds is 8. The van der Waals surface area contributed by atoms with Gasteiger partial charge in [-0.3, -0.25) is 0 Å². The molecule has 0 radical (unpaired) electrons. The quantitative estimate of drug-likeness (QED) is 0.323. The zero-order valence-electron chi connectivity index (χ0n) is 11.8. The molecule has 0 unspecified atom stereocenters. The average molecular weight is 465 g/mol. The van der Waals surface area contributed by atoms with Gasteiger partial charge in [0.15, 0.2) is 0 Å². The number of carboxylic acid groups (broad SMARTS) is 4. The molecule has 0 aromatic rings. The molecule has 0 aliphatic carbocycles. The van der Waals surface area contributed by atoms with Gasteiger partial charge >= 0.3 is 91.0 Å². The van der Waals surface area contributed by atoms with Crippen LogP contribution < -0.4 is 31.9 Å². The van der Waals surface area contributed by atoms with Crippen LogP contribution >= 0.6 is 0 Å². The predicted octanol–water partition coefficient (Wildman–Crippen LogP) is -7.57. The summed E-state index contributed by atoms with van der Waals surface area (Å²) in [7, 11) is 0. The Morgan fingerprint density at radius 3 is 1.05 bits per heavy atom. The maximum Gasteiger partial charge on any atom is 2.00 e. The minimum absolute atomic E-state index is 0. The summed E-state index contributed by atoms with van der Waals surface area (Å²) in [5.74, 6) is -5.50. The first kappa shape index (κ1) is 30.6. The molecule has 0 saturated heterocycles. The van der Waals surface area contributed by atoms with Crippen molar-refractivity contribution in [3.63, 3.8) is 0 Å². The first-order valence-corrected chi connectivity index (χ1v) is 5.40. The molecule has 116 valence electrons. The van der Waals surface area contributed by atoms with Crippen molar-refractivity contribution in [3.05, 3.63) is 0 Å². The van der Waals surface area contributed by atoms with Crippen molar-refractivity contribution < 1.29 is 39.6 Å². The van der Waals surface area contributed by atoms with Gasteiger partial charge in [-0.05, 0) is 25.7 Å². The maximum absolute atomic E-state index is 9.86. The number of carboxylic acids is 4. The number of hydrogen-bond donors (Lipinski definition) is 2. The molecule has 4 N–H and O–H groups in total.